The maximum absolute atomic E-state index is 11.8. The Morgan fingerprint density at radius 3 is 2.14 bits per heavy atom. The minimum absolute atomic E-state index is 0.00642. The number of carboxylic acid groups (broad SMARTS) is 1. The summed E-state index contributed by atoms with van der Waals surface area (Å²) >= 11 is 0. The zero-order chi connectivity index (χ0) is 16.0. The van der Waals surface area contributed by atoms with Crippen LogP contribution in [-0.4, -0.2) is 28.9 Å². The first-order valence-electron chi connectivity index (χ1n) is 6.70. The van der Waals surface area contributed by atoms with E-state index in [-0.39, 0.29) is 18.1 Å². The van der Waals surface area contributed by atoms with Gasteiger partial charge in [-0.05, 0) is 37.1 Å². The number of carbonyl (C=O) groups excluding carboxylic acids is 2. The van der Waals surface area contributed by atoms with E-state index in [4.69, 9.17) is 5.11 Å². The van der Waals surface area contributed by atoms with Crippen molar-refractivity contribution in [2.75, 3.05) is 5.32 Å². The highest BCUT2D eigenvalue weighted by molar-refractivity contribution is 5.95. The van der Waals surface area contributed by atoms with Gasteiger partial charge in [-0.25, -0.2) is 4.79 Å². The van der Waals surface area contributed by atoms with E-state index in [1.54, 1.807) is 24.3 Å². The van der Waals surface area contributed by atoms with Gasteiger partial charge in [0.1, 0.15) is 0 Å². The minimum atomic E-state index is -0.959. The van der Waals surface area contributed by atoms with Crippen LogP contribution in [0.4, 0.5) is 10.5 Å². The first-order chi connectivity index (χ1) is 9.79. The van der Waals surface area contributed by atoms with Crippen LogP contribution >= 0.6 is 0 Å². The van der Waals surface area contributed by atoms with Crippen LogP contribution in [0.15, 0.2) is 24.3 Å². The Balaban J connectivity index is 2.63. The van der Waals surface area contributed by atoms with Crippen molar-refractivity contribution in [3.8, 4) is 0 Å². The molecule has 0 saturated heterocycles. The summed E-state index contributed by atoms with van der Waals surface area (Å²) in [5.74, 6) is -1.00. The summed E-state index contributed by atoms with van der Waals surface area (Å²) < 4.78 is 0. The molecule has 1 atom stereocenters. The maximum atomic E-state index is 11.8. The number of hydrogen-bond donors (Lipinski definition) is 3. The highest BCUT2D eigenvalue weighted by atomic mass is 16.4. The molecule has 0 bridgehead atoms. The molecule has 1 rings (SSSR count). The lowest BCUT2D eigenvalue weighted by Gasteiger charge is -2.20. The van der Waals surface area contributed by atoms with Gasteiger partial charge in [-0.1, -0.05) is 13.8 Å². The fraction of sp³-hybridized carbons (Fsp3) is 0.400. The van der Waals surface area contributed by atoms with E-state index in [1.807, 2.05) is 13.8 Å². The average Bonchev–Trinajstić information content (AvgIpc) is 2.37. The van der Waals surface area contributed by atoms with E-state index in [9.17, 15) is 14.4 Å². The molecule has 0 heterocycles. The van der Waals surface area contributed by atoms with Crippen molar-refractivity contribution in [3.63, 3.8) is 0 Å². The third kappa shape index (κ3) is 5.64. The van der Waals surface area contributed by atoms with Crippen LogP contribution < -0.4 is 10.6 Å². The van der Waals surface area contributed by atoms with E-state index < -0.39 is 18.0 Å². The number of ketones is 1. The normalized spacial score (nSPS) is 11.8. The second-order valence-electron chi connectivity index (χ2n) is 5.18. The van der Waals surface area contributed by atoms with Gasteiger partial charge in [0.15, 0.2) is 5.78 Å². The van der Waals surface area contributed by atoms with Crippen LogP contribution in [0.2, 0.25) is 0 Å². The number of benzene rings is 1. The molecule has 0 spiro atoms. The quantitative estimate of drug-likeness (QED) is 0.702. The van der Waals surface area contributed by atoms with E-state index in [0.29, 0.717) is 11.3 Å². The van der Waals surface area contributed by atoms with Crippen molar-refractivity contribution in [2.45, 2.75) is 33.2 Å². The smallest absolute Gasteiger partial charge is 0.319 e. The highest BCUT2D eigenvalue weighted by Gasteiger charge is 2.19. The predicted molar refractivity (Wildman–Crippen MR) is 79.5 cm³/mol. The molecule has 1 aromatic carbocycles. The molecule has 1 unspecified atom stereocenters. The SMILES string of the molecule is CC(=O)c1ccc(NC(=O)NC(CC(=O)O)C(C)C)cc1. The summed E-state index contributed by atoms with van der Waals surface area (Å²) in [5, 5.41) is 14.1. The van der Waals surface area contributed by atoms with Gasteiger partial charge >= 0.3 is 12.0 Å². The monoisotopic (exact) mass is 292 g/mol. The number of urea groups is 1. The van der Waals surface area contributed by atoms with Crippen LogP contribution in [0, 0.1) is 5.92 Å². The molecule has 0 aliphatic carbocycles. The van der Waals surface area contributed by atoms with Crippen LogP contribution in [0.5, 0.6) is 0 Å². The Bertz CT molecular complexity index is 523. The molecule has 2 amide bonds. The molecule has 0 aliphatic rings. The number of carbonyl (C=O) groups is 3. The zero-order valence-corrected chi connectivity index (χ0v) is 12.3. The molecule has 6 heteroatoms. The van der Waals surface area contributed by atoms with Crippen molar-refractivity contribution < 1.29 is 19.5 Å². The molecule has 0 aliphatic heterocycles. The first kappa shape index (κ1) is 16.7. The van der Waals surface area contributed by atoms with Gasteiger partial charge in [0.05, 0.1) is 6.42 Å². The first-order valence-corrected chi connectivity index (χ1v) is 6.70. The number of nitrogens with one attached hydrogen (secondary N) is 2. The molecule has 0 saturated carbocycles. The highest BCUT2D eigenvalue weighted by Crippen LogP contribution is 2.11. The molecule has 0 radical (unpaired) electrons. The maximum Gasteiger partial charge on any atom is 0.319 e. The van der Waals surface area contributed by atoms with Gasteiger partial charge in [0.25, 0.3) is 0 Å². The Morgan fingerprint density at radius 2 is 1.71 bits per heavy atom. The number of hydrogen-bond acceptors (Lipinski definition) is 3. The number of Topliss-reactive ketones (excluding diaryl/α,β-unsaturated/α-hetero) is 1. The summed E-state index contributed by atoms with van der Waals surface area (Å²) in [6.07, 6.45) is -0.131. The van der Waals surface area contributed by atoms with Gasteiger partial charge in [-0.15, -0.1) is 0 Å². The minimum Gasteiger partial charge on any atom is -0.481 e. The van der Waals surface area contributed by atoms with Gasteiger partial charge in [-0.2, -0.15) is 0 Å². The Morgan fingerprint density at radius 1 is 1.14 bits per heavy atom. The number of amides is 2. The predicted octanol–water partition coefficient (Wildman–Crippen LogP) is 2.51. The third-order valence-corrected chi connectivity index (χ3v) is 3.07. The largest absolute Gasteiger partial charge is 0.481 e. The molecule has 6 nitrogen and oxygen atoms in total. The van der Waals surface area contributed by atoms with Crippen molar-refractivity contribution in [3.05, 3.63) is 29.8 Å². The Kier molecular flexibility index (Phi) is 5.90. The molecule has 1 aromatic rings. The molecular weight excluding hydrogens is 272 g/mol. The fourth-order valence-electron chi connectivity index (χ4n) is 1.77. The molecule has 3 N–H and O–H groups in total. The standard InChI is InChI=1S/C15H20N2O4/c1-9(2)13(8-14(19)20)17-15(21)16-12-6-4-11(5-7-12)10(3)18/h4-7,9,13H,8H2,1-3H3,(H,19,20)(H2,16,17,21). The van der Waals surface area contributed by atoms with Gasteiger partial charge in [-0.3, -0.25) is 9.59 Å². The van der Waals surface area contributed by atoms with E-state index in [1.165, 1.54) is 6.92 Å². The van der Waals surface area contributed by atoms with Crippen LogP contribution in [0.3, 0.4) is 0 Å². The molecule has 114 valence electrons. The van der Waals surface area contributed by atoms with E-state index >= 15 is 0 Å². The van der Waals surface area contributed by atoms with Gasteiger partial charge in [0, 0.05) is 17.3 Å². The van der Waals surface area contributed by atoms with Crippen molar-refractivity contribution in [1.82, 2.24) is 5.32 Å². The topological polar surface area (TPSA) is 95.5 Å². The van der Waals surface area contributed by atoms with Crippen LogP contribution in [-0.2, 0) is 4.79 Å². The molecule has 21 heavy (non-hydrogen) atoms. The van der Waals surface area contributed by atoms with E-state index in [2.05, 4.69) is 10.6 Å². The molecule has 0 fully saturated rings. The number of carboxylic acids is 1. The van der Waals surface area contributed by atoms with Gasteiger partial charge in [0.2, 0.25) is 0 Å². The van der Waals surface area contributed by atoms with Crippen LogP contribution in [0.1, 0.15) is 37.6 Å². The lowest BCUT2D eigenvalue weighted by molar-refractivity contribution is -0.137. The molecule has 0 aromatic heterocycles. The second kappa shape index (κ2) is 7.42. The number of aliphatic carboxylic acids is 1. The van der Waals surface area contributed by atoms with Gasteiger partial charge < -0.3 is 15.7 Å². The lowest BCUT2D eigenvalue weighted by Crippen LogP contribution is -2.42. The zero-order valence-electron chi connectivity index (χ0n) is 12.3. The summed E-state index contributed by atoms with van der Waals surface area (Å²) in [7, 11) is 0. The molecular formula is C15H20N2O4. The summed E-state index contributed by atoms with van der Waals surface area (Å²) in [6, 6.07) is 5.57. The van der Waals surface area contributed by atoms with E-state index in [0.717, 1.165) is 0 Å². The fourth-order valence-corrected chi connectivity index (χ4v) is 1.77. The lowest BCUT2D eigenvalue weighted by atomic mass is 10.0. The van der Waals surface area contributed by atoms with Crippen LogP contribution in [0.25, 0.3) is 0 Å². The second-order valence-corrected chi connectivity index (χ2v) is 5.18. The van der Waals surface area contributed by atoms with Crippen molar-refractivity contribution in [2.24, 2.45) is 5.92 Å². The number of anilines is 1. The third-order valence-electron chi connectivity index (χ3n) is 3.07. The summed E-state index contributed by atoms with van der Waals surface area (Å²) in [6.45, 7) is 5.15. The number of rotatable bonds is 6. The van der Waals surface area contributed by atoms with Crippen molar-refractivity contribution in [1.29, 1.82) is 0 Å². The summed E-state index contributed by atoms with van der Waals surface area (Å²) in [5.41, 5.74) is 1.10. The Labute approximate surface area is 123 Å². The summed E-state index contributed by atoms with van der Waals surface area (Å²) in [4.78, 5) is 33.7. The van der Waals surface area contributed by atoms with Crippen molar-refractivity contribution >= 4 is 23.5 Å². The average molecular weight is 292 g/mol. The Hall–Kier alpha value is -2.37.